The van der Waals surface area contributed by atoms with E-state index < -0.39 is 0 Å². The zero-order valence-corrected chi connectivity index (χ0v) is 9.83. The Morgan fingerprint density at radius 1 is 1.33 bits per heavy atom. The van der Waals surface area contributed by atoms with Gasteiger partial charge >= 0.3 is 0 Å². The average Bonchev–Trinajstić information content (AvgIpc) is 2.27. The molecule has 0 aliphatic carbocycles. The topological polar surface area (TPSA) is 17.1 Å². The van der Waals surface area contributed by atoms with E-state index >= 15 is 0 Å². The molecule has 1 nitrogen and oxygen atoms in total. The maximum Gasteiger partial charge on any atom is 0.134 e. The van der Waals surface area contributed by atoms with Gasteiger partial charge in [-0.1, -0.05) is 37.3 Å². The minimum Gasteiger partial charge on any atom is -0.300 e. The number of hydrogen-bond donors (Lipinski definition) is 0. The van der Waals surface area contributed by atoms with Crippen LogP contribution in [0.2, 0.25) is 0 Å². The van der Waals surface area contributed by atoms with Crippen molar-refractivity contribution in [1.29, 1.82) is 0 Å². The molecule has 0 saturated carbocycles. The maximum absolute atomic E-state index is 11.5. The molecule has 0 heterocycles. The summed E-state index contributed by atoms with van der Waals surface area (Å²) in [6, 6.07) is 10.1. The Kier molecular flexibility index (Phi) is 5.41. The third kappa shape index (κ3) is 4.98. The van der Waals surface area contributed by atoms with Crippen molar-refractivity contribution in [2.24, 2.45) is 0 Å². The number of Topliss-reactive ketones (excluding diaryl/α,β-unsaturated/α-hetero) is 1. The van der Waals surface area contributed by atoms with E-state index in [-0.39, 0.29) is 11.2 Å². The van der Waals surface area contributed by atoms with Gasteiger partial charge in [-0.05, 0) is 18.4 Å². The number of carbonyl (C=O) groups is 1. The Morgan fingerprint density at radius 3 is 2.60 bits per heavy atom. The van der Waals surface area contributed by atoms with E-state index in [1.807, 2.05) is 37.3 Å². The van der Waals surface area contributed by atoms with Gasteiger partial charge in [0.05, 0.1) is 0 Å². The maximum atomic E-state index is 11.5. The first-order valence-corrected chi connectivity index (χ1v) is 5.85. The third-order valence-electron chi connectivity index (χ3n) is 2.43. The number of ketones is 1. The van der Waals surface area contributed by atoms with Gasteiger partial charge in [0, 0.05) is 18.2 Å². The third-order valence-corrected chi connectivity index (χ3v) is 2.89. The summed E-state index contributed by atoms with van der Waals surface area (Å²) in [5.41, 5.74) is 1.22. The summed E-state index contributed by atoms with van der Waals surface area (Å²) in [6.45, 7) is 2.00. The summed E-state index contributed by atoms with van der Waals surface area (Å²) in [5, 5.41) is 0.00766. The molecule has 15 heavy (non-hydrogen) atoms. The van der Waals surface area contributed by atoms with Crippen molar-refractivity contribution >= 4 is 17.4 Å². The SMILES string of the molecule is CCC(Cl)CC(=O)CCc1ccccc1. The first kappa shape index (κ1) is 12.3. The molecule has 1 aromatic rings. The second-order valence-corrected chi connectivity index (χ2v) is 4.35. The number of aryl methyl sites for hydroxylation is 1. The van der Waals surface area contributed by atoms with Crippen LogP contribution in [0.25, 0.3) is 0 Å². The number of halogens is 1. The molecule has 2 heteroatoms. The van der Waals surface area contributed by atoms with Gasteiger partial charge in [-0.3, -0.25) is 4.79 Å². The average molecular weight is 225 g/mol. The highest BCUT2D eigenvalue weighted by Gasteiger charge is 2.08. The van der Waals surface area contributed by atoms with Crippen molar-refractivity contribution in [2.75, 3.05) is 0 Å². The fourth-order valence-corrected chi connectivity index (χ4v) is 1.59. The van der Waals surface area contributed by atoms with Crippen molar-refractivity contribution in [2.45, 2.75) is 38.0 Å². The molecule has 0 aliphatic rings. The number of benzene rings is 1. The Bertz CT molecular complexity index is 295. The van der Waals surface area contributed by atoms with Gasteiger partial charge in [-0.2, -0.15) is 0 Å². The zero-order valence-electron chi connectivity index (χ0n) is 9.08. The summed E-state index contributed by atoms with van der Waals surface area (Å²) in [7, 11) is 0. The van der Waals surface area contributed by atoms with Gasteiger partial charge in [-0.25, -0.2) is 0 Å². The van der Waals surface area contributed by atoms with Gasteiger partial charge in [0.25, 0.3) is 0 Å². The summed E-state index contributed by atoms with van der Waals surface area (Å²) in [6.07, 6.45) is 2.80. The first-order valence-electron chi connectivity index (χ1n) is 5.42. The van der Waals surface area contributed by atoms with Crippen LogP contribution in [-0.2, 0) is 11.2 Å². The lowest BCUT2D eigenvalue weighted by Gasteiger charge is -2.05. The van der Waals surface area contributed by atoms with Crippen molar-refractivity contribution in [3.63, 3.8) is 0 Å². The molecule has 0 aromatic heterocycles. The molecule has 0 fully saturated rings. The Morgan fingerprint density at radius 2 is 2.00 bits per heavy atom. The van der Waals surface area contributed by atoms with E-state index in [1.165, 1.54) is 5.56 Å². The van der Waals surface area contributed by atoms with Crippen molar-refractivity contribution in [3.8, 4) is 0 Å². The standard InChI is InChI=1S/C13H17ClO/c1-2-12(14)10-13(15)9-8-11-6-4-3-5-7-11/h3-7,12H,2,8-10H2,1H3. The Balaban J connectivity index is 2.29. The lowest BCUT2D eigenvalue weighted by Crippen LogP contribution is -2.07. The molecule has 1 unspecified atom stereocenters. The fourth-order valence-electron chi connectivity index (χ4n) is 1.42. The summed E-state index contributed by atoms with van der Waals surface area (Å²) in [4.78, 5) is 11.5. The van der Waals surface area contributed by atoms with E-state index in [0.717, 1.165) is 12.8 Å². The van der Waals surface area contributed by atoms with Crippen LogP contribution in [0.4, 0.5) is 0 Å². The van der Waals surface area contributed by atoms with Gasteiger partial charge in [0.15, 0.2) is 0 Å². The quantitative estimate of drug-likeness (QED) is 0.675. The lowest BCUT2D eigenvalue weighted by atomic mass is 10.0. The molecule has 1 aromatic carbocycles. The highest BCUT2D eigenvalue weighted by Crippen LogP contribution is 2.10. The molecule has 0 spiro atoms. The van der Waals surface area contributed by atoms with Crippen LogP contribution in [0, 0.1) is 0 Å². The molecular formula is C13H17ClO. The molecule has 1 atom stereocenters. The summed E-state index contributed by atoms with van der Waals surface area (Å²) < 4.78 is 0. The largest absolute Gasteiger partial charge is 0.300 e. The second-order valence-electron chi connectivity index (χ2n) is 3.73. The van der Waals surface area contributed by atoms with E-state index in [2.05, 4.69) is 0 Å². The lowest BCUT2D eigenvalue weighted by molar-refractivity contribution is -0.119. The van der Waals surface area contributed by atoms with Gasteiger partial charge in [0.1, 0.15) is 5.78 Å². The van der Waals surface area contributed by atoms with E-state index in [1.54, 1.807) is 0 Å². The molecule has 0 N–H and O–H groups in total. The Hall–Kier alpha value is -0.820. The van der Waals surface area contributed by atoms with Crippen molar-refractivity contribution in [3.05, 3.63) is 35.9 Å². The van der Waals surface area contributed by atoms with Gasteiger partial charge in [-0.15, -0.1) is 11.6 Å². The number of alkyl halides is 1. The van der Waals surface area contributed by atoms with Crippen LogP contribution < -0.4 is 0 Å². The van der Waals surface area contributed by atoms with Crippen molar-refractivity contribution in [1.82, 2.24) is 0 Å². The highest BCUT2D eigenvalue weighted by atomic mass is 35.5. The smallest absolute Gasteiger partial charge is 0.134 e. The highest BCUT2D eigenvalue weighted by molar-refractivity contribution is 6.21. The number of hydrogen-bond acceptors (Lipinski definition) is 1. The van der Waals surface area contributed by atoms with Crippen LogP contribution in [0.15, 0.2) is 30.3 Å². The fraction of sp³-hybridized carbons (Fsp3) is 0.462. The van der Waals surface area contributed by atoms with Crippen LogP contribution >= 0.6 is 11.6 Å². The normalized spacial score (nSPS) is 12.4. The minimum atomic E-state index is 0.00766. The molecule has 1 rings (SSSR count). The van der Waals surface area contributed by atoms with Gasteiger partial charge < -0.3 is 0 Å². The molecule has 0 amide bonds. The monoisotopic (exact) mass is 224 g/mol. The van der Waals surface area contributed by atoms with Crippen LogP contribution in [0.5, 0.6) is 0 Å². The number of carbonyl (C=O) groups excluding carboxylic acids is 1. The number of rotatable bonds is 6. The first-order chi connectivity index (χ1) is 7.22. The van der Waals surface area contributed by atoms with Crippen molar-refractivity contribution < 1.29 is 4.79 Å². The zero-order chi connectivity index (χ0) is 11.1. The summed E-state index contributed by atoms with van der Waals surface area (Å²) >= 11 is 5.92. The van der Waals surface area contributed by atoms with E-state index in [0.29, 0.717) is 12.8 Å². The molecule has 82 valence electrons. The van der Waals surface area contributed by atoms with Crippen LogP contribution in [-0.4, -0.2) is 11.2 Å². The van der Waals surface area contributed by atoms with Crippen LogP contribution in [0.3, 0.4) is 0 Å². The summed E-state index contributed by atoms with van der Waals surface area (Å²) in [5.74, 6) is 0.265. The Labute approximate surface area is 96.5 Å². The molecule has 0 aliphatic heterocycles. The van der Waals surface area contributed by atoms with E-state index in [9.17, 15) is 4.79 Å². The van der Waals surface area contributed by atoms with Crippen LogP contribution in [0.1, 0.15) is 31.7 Å². The predicted molar refractivity (Wildman–Crippen MR) is 64.3 cm³/mol. The predicted octanol–water partition coefficient (Wildman–Crippen LogP) is 3.60. The van der Waals surface area contributed by atoms with Gasteiger partial charge in [0.2, 0.25) is 0 Å². The minimum absolute atomic E-state index is 0.00766. The molecule has 0 bridgehead atoms. The molecular weight excluding hydrogens is 208 g/mol. The van der Waals surface area contributed by atoms with E-state index in [4.69, 9.17) is 11.6 Å². The molecule has 0 radical (unpaired) electrons. The molecule has 0 saturated heterocycles. The second kappa shape index (κ2) is 6.62.